The van der Waals surface area contributed by atoms with Gasteiger partial charge in [-0.05, 0) is 12.0 Å². The Kier molecular flexibility index (Phi) is 2.88. The van der Waals surface area contributed by atoms with E-state index < -0.39 is 0 Å². The van der Waals surface area contributed by atoms with E-state index in [4.69, 9.17) is 0 Å². The molecule has 1 saturated heterocycles. The Bertz CT molecular complexity index is 514. The van der Waals surface area contributed by atoms with Crippen LogP contribution in [-0.4, -0.2) is 28.1 Å². The number of aryl methyl sites for hydroxylation is 1. The van der Waals surface area contributed by atoms with Crippen molar-refractivity contribution in [2.45, 2.75) is 12.8 Å². The molecule has 4 nitrogen and oxygen atoms in total. The zero-order valence-electron chi connectivity index (χ0n) is 10.6. The van der Waals surface area contributed by atoms with Crippen molar-refractivity contribution in [1.29, 1.82) is 0 Å². The monoisotopic (exact) mass is 242 g/mol. The summed E-state index contributed by atoms with van der Waals surface area (Å²) in [5, 5.41) is 11.6. The molecule has 0 aliphatic carbocycles. The van der Waals surface area contributed by atoms with Crippen LogP contribution < -0.4 is 5.32 Å². The Balaban J connectivity index is 1.74. The van der Waals surface area contributed by atoms with Crippen molar-refractivity contribution in [2.24, 2.45) is 12.5 Å². The standard InChI is InChI=1S/C14H18N4/c1-18-9-13(16-17-18)8-14(10-15-11-14)7-12-5-3-2-4-6-12/h2-6,9,15H,7-8,10-11H2,1H3. The summed E-state index contributed by atoms with van der Waals surface area (Å²) < 4.78 is 1.78. The van der Waals surface area contributed by atoms with Gasteiger partial charge in [-0.2, -0.15) is 0 Å². The van der Waals surface area contributed by atoms with Crippen LogP contribution in [0.15, 0.2) is 36.5 Å². The van der Waals surface area contributed by atoms with Gasteiger partial charge in [0.15, 0.2) is 0 Å². The van der Waals surface area contributed by atoms with Crippen LogP contribution in [0.25, 0.3) is 0 Å². The maximum absolute atomic E-state index is 4.21. The Hall–Kier alpha value is -1.68. The average Bonchev–Trinajstić information content (AvgIpc) is 2.73. The van der Waals surface area contributed by atoms with E-state index in [1.807, 2.05) is 13.2 Å². The van der Waals surface area contributed by atoms with E-state index in [0.29, 0.717) is 5.41 Å². The van der Waals surface area contributed by atoms with Gasteiger partial charge in [-0.15, -0.1) is 5.10 Å². The summed E-state index contributed by atoms with van der Waals surface area (Å²) in [6, 6.07) is 10.7. The quantitative estimate of drug-likeness (QED) is 0.875. The van der Waals surface area contributed by atoms with Crippen LogP contribution in [-0.2, 0) is 19.9 Å². The van der Waals surface area contributed by atoms with Crippen LogP contribution in [0.1, 0.15) is 11.3 Å². The molecule has 0 saturated carbocycles. The molecular weight excluding hydrogens is 224 g/mol. The zero-order valence-corrected chi connectivity index (χ0v) is 10.6. The molecule has 1 fully saturated rings. The minimum absolute atomic E-state index is 0.317. The minimum Gasteiger partial charge on any atom is -0.315 e. The third-order valence-corrected chi connectivity index (χ3v) is 3.63. The molecule has 4 heteroatoms. The first-order chi connectivity index (χ1) is 8.76. The fraction of sp³-hybridized carbons (Fsp3) is 0.429. The summed E-state index contributed by atoms with van der Waals surface area (Å²) in [5.41, 5.74) is 2.81. The van der Waals surface area contributed by atoms with Crippen molar-refractivity contribution in [3.63, 3.8) is 0 Å². The van der Waals surface area contributed by atoms with Crippen LogP contribution in [0.4, 0.5) is 0 Å². The van der Waals surface area contributed by atoms with E-state index in [2.05, 4.69) is 46.0 Å². The lowest BCUT2D eigenvalue weighted by atomic mass is 9.73. The van der Waals surface area contributed by atoms with Crippen molar-refractivity contribution in [3.05, 3.63) is 47.8 Å². The lowest BCUT2D eigenvalue weighted by molar-refractivity contribution is 0.165. The molecule has 1 aromatic heterocycles. The van der Waals surface area contributed by atoms with Gasteiger partial charge in [-0.1, -0.05) is 35.5 Å². The summed E-state index contributed by atoms with van der Waals surface area (Å²) in [5.74, 6) is 0. The maximum atomic E-state index is 4.21. The number of hydrogen-bond acceptors (Lipinski definition) is 3. The lowest BCUT2D eigenvalue weighted by Gasteiger charge is -2.42. The van der Waals surface area contributed by atoms with Crippen molar-refractivity contribution >= 4 is 0 Å². The molecule has 0 unspecified atom stereocenters. The van der Waals surface area contributed by atoms with Crippen LogP contribution >= 0.6 is 0 Å². The van der Waals surface area contributed by atoms with Gasteiger partial charge in [-0.25, -0.2) is 0 Å². The van der Waals surface area contributed by atoms with Gasteiger partial charge in [0.1, 0.15) is 0 Å². The maximum Gasteiger partial charge on any atom is 0.0833 e. The van der Waals surface area contributed by atoms with Gasteiger partial charge in [0.25, 0.3) is 0 Å². The summed E-state index contributed by atoms with van der Waals surface area (Å²) in [7, 11) is 1.92. The molecule has 3 rings (SSSR count). The van der Waals surface area contributed by atoms with Gasteiger partial charge in [0.05, 0.1) is 5.69 Å². The number of benzene rings is 1. The molecule has 94 valence electrons. The molecule has 18 heavy (non-hydrogen) atoms. The first-order valence-electron chi connectivity index (χ1n) is 6.36. The molecular formula is C14H18N4. The van der Waals surface area contributed by atoms with Crippen LogP contribution in [0, 0.1) is 5.41 Å². The Morgan fingerprint density at radius 3 is 2.56 bits per heavy atom. The third-order valence-electron chi connectivity index (χ3n) is 3.63. The number of aromatic nitrogens is 3. The highest BCUT2D eigenvalue weighted by Gasteiger charge is 2.37. The topological polar surface area (TPSA) is 42.7 Å². The van der Waals surface area contributed by atoms with Gasteiger partial charge in [0.2, 0.25) is 0 Å². The number of nitrogens with zero attached hydrogens (tertiary/aromatic N) is 3. The highest BCUT2D eigenvalue weighted by molar-refractivity contribution is 5.19. The Morgan fingerprint density at radius 2 is 2.00 bits per heavy atom. The molecule has 0 spiro atoms. The molecule has 1 aliphatic rings. The highest BCUT2D eigenvalue weighted by Crippen LogP contribution is 2.31. The van der Waals surface area contributed by atoms with Gasteiger partial charge >= 0.3 is 0 Å². The minimum atomic E-state index is 0.317. The van der Waals surface area contributed by atoms with Crippen LogP contribution in [0.3, 0.4) is 0 Å². The lowest BCUT2D eigenvalue weighted by Crippen LogP contribution is -2.56. The fourth-order valence-corrected chi connectivity index (χ4v) is 2.68. The number of rotatable bonds is 4. The Morgan fingerprint density at radius 1 is 1.22 bits per heavy atom. The summed E-state index contributed by atoms with van der Waals surface area (Å²) >= 11 is 0. The second-order valence-electron chi connectivity index (χ2n) is 5.33. The SMILES string of the molecule is Cn1cc(CC2(Cc3ccccc3)CNC2)nn1. The largest absolute Gasteiger partial charge is 0.315 e. The number of nitrogens with one attached hydrogen (secondary N) is 1. The zero-order chi connectivity index (χ0) is 12.4. The molecule has 0 radical (unpaired) electrons. The van der Waals surface area contributed by atoms with Crippen molar-refractivity contribution in [2.75, 3.05) is 13.1 Å². The molecule has 2 aromatic rings. The second-order valence-corrected chi connectivity index (χ2v) is 5.33. The highest BCUT2D eigenvalue weighted by atomic mass is 15.4. The second kappa shape index (κ2) is 4.53. The van der Waals surface area contributed by atoms with E-state index in [9.17, 15) is 0 Å². The molecule has 0 amide bonds. The third kappa shape index (κ3) is 2.29. The van der Waals surface area contributed by atoms with Gasteiger partial charge in [-0.3, -0.25) is 4.68 Å². The van der Waals surface area contributed by atoms with E-state index >= 15 is 0 Å². The molecule has 0 atom stereocenters. The molecule has 2 heterocycles. The summed E-state index contributed by atoms with van der Waals surface area (Å²) in [6.07, 6.45) is 4.13. The average molecular weight is 242 g/mol. The molecule has 1 aliphatic heterocycles. The van der Waals surface area contributed by atoms with E-state index in [0.717, 1.165) is 31.6 Å². The summed E-state index contributed by atoms with van der Waals surface area (Å²) in [4.78, 5) is 0. The van der Waals surface area contributed by atoms with Crippen LogP contribution in [0.2, 0.25) is 0 Å². The van der Waals surface area contributed by atoms with Crippen LogP contribution in [0.5, 0.6) is 0 Å². The predicted molar refractivity (Wildman–Crippen MR) is 70.2 cm³/mol. The van der Waals surface area contributed by atoms with Gasteiger partial charge in [0, 0.05) is 38.2 Å². The van der Waals surface area contributed by atoms with Crippen molar-refractivity contribution in [3.8, 4) is 0 Å². The molecule has 1 aromatic carbocycles. The van der Waals surface area contributed by atoms with E-state index in [-0.39, 0.29) is 0 Å². The van der Waals surface area contributed by atoms with E-state index in [1.54, 1.807) is 4.68 Å². The van der Waals surface area contributed by atoms with Crippen molar-refractivity contribution in [1.82, 2.24) is 20.3 Å². The number of hydrogen-bond donors (Lipinski definition) is 1. The smallest absolute Gasteiger partial charge is 0.0833 e. The van der Waals surface area contributed by atoms with Gasteiger partial charge < -0.3 is 5.32 Å². The fourth-order valence-electron chi connectivity index (χ4n) is 2.68. The summed E-state index contributed by atoms with van der Waals surface area (Å²) in [6.45, 7) is 2.14. The normalized spacial score (nSPS) is 17.4. The Labute approximate surface area is 107 Å². The molecule has 1 N–H and O–H groups in total. The predicted octanol–water partition coefficient (Wildman–Crippen LogP) is 1.19. The first kappa shape index (κ1) is 11.4. The molecule has 0 bridgehead atoms. The van der Waals surface area contributed by atoms with Crippen molar-refractivity contribution < 1.29 is 0 Å². The van der Waals surface area contributed by atoms with E-state index in [1.165, 1.54) is 5.56 Å². The first-order valence-corrected chi connectivity index (χ1v) is 6.36.